The maximum Gasteiger partial charge on any atom is 0.250 e. The summed E-state index contributed by atoms with van der Waals surface area (Å²) in [5.74, 6) is -0.817. The van der Waals surface area contributed by atoms with Crippen LogP contribution in [-0.4, -0.2) is 21.2 Å². The third-order valence-corrected chi connectivity index (χ3v) is 3.72. The minimum Gasteiger partial charge on any atom is -0.366 e. The van der Waals surface area contributed by atoms with Crippen LogP contribution >= 0.6 is 11.3 Å². The zero-order valence-electron chi connectivity index (χ0n) is 10.9. The number of anilines is 1. The maximum atomic E-state index is 12.0. The number of carbonyl (C=O) groups excluding carboxylic acids is 2. The van der Waals surface area contributed by atoms with Crippen molar-refractivity contribution in [3.05, 3.63) is 53.3 Å². The molecule has 0 saturated carbocycles. The van der Waals surface area contributed by atoms with Crippen LogP contribution in [-0.2, 0) is 11.2 Å². The molecule has 7 heteroatoms. The average Bonchev–Trinajstić information content (AvgIpc) is 2.99. The minimum absolute atomic E-state index is 0.140. The molecule has 6 nitrogen and oxygen atoms in total. The fourth-order valence-corrected chi connectivity index (χ4v) is 2.75. The number of rotatable bonds is 4. The second kappa shape index (κ2) is 5.37. The van der Waals surface area contributed by atoms with Crippen LogP contribution in [0.3, 0.4) is 0 Å². The largest absolute Gasteiger partial charge is 0.366 e. The van der Waals surface area contributed by atoms with Gasteiger partial charge in [-0.25, -0.2) is 4.98 Å². The summed E-state index contributed by atoms with van der Waals surface area (Å²) in [4.78, 5) is 28.5. The highest BCUT2D eigenvalue weighted by Crippen LogP contribution is 2.15. The summed E-state index contributed by atoms with van der Waals surface area (Å²) in [6.45, 7) is 0. The molecule has 21 heavy (non-hydrogen) atoms. The standard InChI is InChI=1S/C14H12N4O2S/c15-13(20)10-3-1-2-4-11(10)17-12(19)7-9-8-18-5-6-21-14(18)16-9/h1-6,8H,7H2,(H2,15,20)(H,17,19). The summed E-state index contributed by atoms with van der Waals surface area (Å²) in [6.07, 6.45) is 3.84. The number of thiazole rings is 1. The van der Waals surface area contributed by atoms with Gasteiger partial charge in [0.1, 0.15) is 0 Å². The van der Waals surface area contributed by atoms with E-state index in [9.17, 15) is 9.59 Å². The number of para-hydroxylation sites is 1. The summed E-state index contributed by atoms with van der Waals surface area (Å²) in [5.41, 5.74) is 6.65. The quantitative estimate of drug-likeness (QED) is 0.768. The Morgan fingerprint density at radius 3 is 2.90 bits per heavy atom. The number of fused-ring (bicyclic) bond motifs is 1. The zero-order valence-corrected chi connectivity index (χ0v) is 11.8. The summed E-state index contributed by atoms with van der Waals surface area (Å²) < 4.78 is 1.87. The van der Waals surface area contributed by atoms with Crippen molar-refractivity contribution in [1.29, 1.82) is 0 Å². The summed E-state index contributed by atoms with van der Waals surface area (Å²) in [6, 6.07) is 6.64. The molecule has 0 unspecified atom stereocenters. The number of amides is 2. The fraction of sp³-hybridized carbons (Fsp3) is 0.0714. The highest BCUT2D eigenvalue weighted by Gasteiger charge is 2.12. The van der Waals surface area contributed by atoms with Crippen LogP contribution in [0.4, 0.5) is 5.69 Å². The molecule has 3 rings (SSSR count). The van der Waals surface area contributed by atoms with E-state index in [1.165, 1.54) is 11.3 Å². The van der Waals surface area contributed by atoms with Crippen LogP contribution < -0.4 is 11.1 Å². The third-order valence-electron chi connectivity index (χ3n) is 2.95. The second-order valence-electron chi connectivity index (χ2n) is 4.46. The molecule has 0 atom stereocenters. The maximum absolute atomic E-state index is 12.0. The van der Waals surface area contributed by atoms with Gasteiger partial charge in [-0.15, -0.1) is 11.3 Å². The predicted octanol–water partition coefficient (Wildman–Crippen LogP) is 1.68. The molecule has 0 radical (unpaired) electrons. The molecule has 3 aromatic rings. The Kier molecular flexibility index (Phi) is 3.41. The third kappa shape index (κ3) is 2.77. The van der Waals surface area contributed by atoms with E-state index in [2.05, 4.69) is 10.3 Å². The first kappa shape index (κ1) is 13.3. The van der Waals surface area contributed by atoms with E-state index in [-0.39, 0.29) is 17.9 Å². The molecule has 3 N–H and O–H groups in total. The van der Waals surface area contributed by atoms with Crippen molar-refractivity contribution in [1.82, 2.24) is 9.38 Å². The van der Waals surface area contributed by atoms with Crippen LogP contribution in [0, 0.1) is 0 Å². The molecule has 0 saturated heterocycles. The van der Waals surface area contributed by atoms with Crippen molar-refractivity contribution >= 4 is 33.8 Å². The number of aromatic nitrogens is 2. The van der Waals surface area contributed by atoms with E-state index >= 15 is 0 Å². The van der Waals surface area contributed by atoms with Crippen molar-refractivity contribution in [3.63, 3.8) is 0 Å². The van der Waals surface area contributed by atoms with E-state index in [4.69, 9.17) is 5.73 Å². The molecule has 1 aromatic carbocycles. The van der Waals surface area contributed by atoms with Gasteiger partial charge in [0.05, 0.1) is 23.4 Å². The van der Waals surface area contributed by atoms with E-state index in [1.54, 1.807) is 24.3 Å². The first-order valence-corrected chi connectivity index (χ1v) is 7.11. The summed E-state index contributed by atoms with van der Waals surface area (Å²) in [5, 5.41) is 4.62. The topological polar surface area (TPSA) is 89.5 Å². The minimum atomic E-state index is -0.576. The van der Waals surface area contributed by atoms with Crippen LogP contribution in [0.2, 0.25) is 0 Å². The predicted molar refractivity (Wildman–Crippen MR) is 80.4 cm³/mol. The van der Waals surface area contributed by atoms with Gasteiger partial charge in [-0.05, 0) is 12.1 Å². The Hall–Kier alpha value is -2.67. The highest BCUT2D eigenvalue weighted by atomic mass is 32.1. The van der Waals surface area contributed by atoms with Crippen molar-refractivity contribution in [3.8, 4) is 0 Å². The average molecular weight is 300 g/mol. The lowest BCUT2D eigenvalue weighted by molar-refractivity contribution is -0.115. The van der Waals surface area contributed by atoms with Crippen LogP contribution in [0.5, 0.6) is 0 Å². The number of hydrogen-bond acceptors (Lipinski definition) is 4. The summed E-state index contributed by atoms with van der Waals surface area (Å²) in [7, 11) is 0. The first-order chi connectivity index (χ1) is 10.1. The van der Waals surface area contributed by atoms with Gasteiger partial charge in [-0.3, -0.25) is 14.0 Å². The first-order valence-electron chi connectivity index (χ1n) is 6.23. The molecule has 0 fully saturated rings. The van der Waals surface area contributed by atoms with Crippen molar-refractivity contribution in [2.75, 3.05) is 5.32 Å². The fourth-order valence-electron chi connectivity index (χ4n) is 2.03. The Morgan fingerprint density at radius 1 is 1.33 bits per heavy atom. The zero-order chi connectivity index (χ0) is 14.8. The van der Waals surface area contributed by atoms with Crippen molar-refractivity contribution in [2.24, 2.45) is 5.73 Å². The number of imidazole rings is 1. The number of nitrogens with two attached hydrogens (primary N) is 1. The van der Waals surface area contributed by atoms with Crippen LogP contribution in [0.1, 0.15) is 16.1 Å². The number of nitrogens with one attached hydrogen (secondary N) is 1. The molecule has 2 aromatic heterocycles. The number of primary amides is 1. The Morgan fingerprint density at radius 2 is 2.14 bits per heavy atom. The van der Waals surface area contributed by atoms with Gasteiger partial charge in [0, 0.05) is 17.8 Å². The SMILES string of the molecule is NC(=O)c1ccccc1NC(=O)Cc1cn2ccsc2n1. The number of benzene rings is 1. The van der Waals surface area contributed by atoms with E-state index in [1.807, 2.05) is 22.2 Å². The molecule has 0 bridgehead atoms. The van der Waals surface area contributed by atoms with E-state index in [0.29, 0.717) is 11.4 Å². The monoisotopic (exact) mass is 300 g/mol. The smallest absolute Gasteiger partial charge is 0.250 e. The van der Waals surface area contributed by atoms with Gasteiger partial charge in [0.15, 0.2) is 4.96 Å². The van der Waals surface area contributed by atoms with E-state index < -0.39 is 5.91 Å². The lowest BCUT2D eigenvalue weighted by atomic mass is 10.1. The van der Waals surface area contributed by atoms with Crippen molar-refractivity contribution in [2.45, 2.75) is 6.42 Å². The lowest BCUT2D eigenvalue weighted by Gasteiger charge is -2.07. The van der Waals surface area contributed by atoms with Crippen LogP contribution in [0.15, 0.2) is 42.0 Å². The number of carbonyl (C=O) groups is 2. The van der Waals surface area contributed by atoms with Gasteiger partial charge in [0.2, 0.25) is 5.91 Å². The molecule has 0 aliphatic carbocycles. The molecule has 0 aliphatic heterocycles. The van der Waals surface area contributed by atoms with E-state index in [0.717, 1.165) is 4.96 Å². The van der Waals surface area contributed by atoms with Gasteiger partial charge < -0.3 is 11.1 Å². The second-order valence-corrected chi connectivity index (χ2v) is 5.33. The van der Waals surface area contributed by atoms with Gasteiger partial charge >= 0.3 is 0 Å². The number of hydrogen-bond donors (Lipinski definition) is 2. The van der Waals surface area contributed by atoms with Crippen LogP contribution in [0.25, 0.3) is 4.96 Å². The molecule has 0 spiro atoms. The highest BCUT2D eigenvalue weighted by molar-refractivity contribution is 7.15. The van der Waals surface area contributed by atoms with Crippen molar-refractivity contribution < 1.29 is 9.59 Å². The van der Waals surface area contributed by atoms with Gasteiger partial charge in [0.25, 0.3) is 5.91 Å². The molecule has 2 amide bonds. The molecule has 106 valence electrons. The molecular weight excluding hydrogens is 288 g/mol. The molecular formula is C14H12N4O2S. The Labute approximate surface area is 124 Å². The van der Waals surface area contributed by atoms with Gasteiger partial charge in [-0.1, -0.05) is 12.1 Å². The Bertz CT molecular complexity index is 793. The lowest BCUT2D eigenvalue weighted by Crippen LogP contribution is -2.19. The molecule has 0 aliphatic rings. The Balaban J connectivity index is 1.75. The summed E-state index contributed by atoms with van der Waals surface area (Å²) >= 11 is 1.50. The molecule has 2 heterocycles. The number of nitrogens with zero attached hydrogens (tertiary/aromatic N) is 2. The normalized spacial score (nSPS) is 10.7. The van der Waals surface area contributed by atoms with Gasteiger partial charge in [-0.2, -0.15) is 0 Å².